The van der Waals surface area contributed by atoms with Gasteiger partial charge >= 0.3 is 0 Å². The van der Waals surface area contributed by atoms with Crippen molar-refractivity contribution in [3.05, 3.63) is 34.3 Å². The maximum Gasteiger partial charge on any atom is 0.0476 e. The summed E-state index contributed by atoms with van der Waals surface area (Å²) in [5.74, 6) is 0. The largest absolute Gasteiger partial charge is 0.314 e. The summed E-state index contributed by atoms with van der Waals surface area (Å²) >= 11 is 6.23. The highest BCUT2D eigenvalue weighted by atomic mass is 35.5. The number of nitrogens with one attached hydrogen (secondary N) is 1. The summed E-state index contributed by atoms with van der Waals surface area (Å²) < 4.78 is 0. The molecule has 0 aromatic heterocycles. The van der Waals surface area contributed by atoms with Gasteiger partial charge in [0.05, 0.1) is 0 Å². The second-order valence-electron chi connectivity index (χ2n) is 4.31. The summed E-state index contributed by atoms with van der Waals surface area (Å²) in [6, 6.07) is 6.84. The number of hydrogen-bond donors (Lipinski definition) is 1. The van der Waals surface area contributed by atoms with Crippen LogP contribution in [0.3, 0.4) is 0 Å². The lowest BCUT2D eigenvalue weighted by atomic mass is 9.91. The monoisotopic (exact) mass is 222 g/mol. The number of rotatable bonds is 0. The molecule has 1 saturated heterocycles. The smallest absolute Gasteiger partial charge is 0.0476 e. The summed E-state index contributed by atoms with van der Waals surface area (Å²) in [5, 5.41) is 4.40. The average molecular weight is 223 g/mol. The van der Waals surface area contributed by atoms with Crippen molar-refractivity contribution in [3.63, 3.8) is 0 Å². The first kappa shape index (κ1) is 9.64. The summed E-state index contributed by atoms with van der Waals surface area (Å²) in [5.41, 5.74) is 2.80. The van der Waals surface area contributed by atoms with Gasteiger partial charge in [0, 0.05) is 37.2 Å². The van der Waals surface area contributed by atoms with Crippen LogP contribution in [0.4, 0.5) is 0 Å². The number of hydrogen-bond acceptors (Lipinski definition) is 2. The highest BCUT2D eigenvalue weighted by molar-refractivity contribution is 6.31. The Morgan fingerprint density at radius 3 is 3.20 bits per heavy atom. The van der Waals surface area contributed by atoms with Crippen molar-refractivity contribution < 1.29 is 0 Å². The Bertz CT molecular complexity index is 378. The number of piperazine rings is 1. The molecule has 2 heterocycles. The molecule has 3 heteroatoms. The molecule has 80 valence electrons. The number of benzene rings is 1. The molecule has 1 aromatic rings. The molecule has 1 atom stereocenters. The van der Waals surface area contributed by atoms with Crippen molar-refractivity contribution in [2.45, 2.75) is 12.5 Å². The first-order chi connectivity index (χ1) is 7.36. The second kappa shape index (κ2) is 3.78. The summed E-state index contributed by atoms with van der Waals surface area (Å²) in [7, 11) is 0. The second-order valence-corrected chi connectivity index (χ2v) is 4.72. The van der Waals surface area contributed by atoms with E-state index in [0.29, 0.717) is 6.04 Å². The van der Waals surface area contributed by atoms with Crippen LogP contribution in [0.25, 0.3) is 0 Å². The molecule has 2 nitrogen and oxygen atoms in total. The predicted octanol–water partition coefficient (Wildman–Crippen LogP) is 1.84. The van der Waals surface area contributed by atoms with E-state index in [1.165, 1.54) is 11.1 Å². The van der Waals surface area contributed by atoms with Gasteiger partial charge in [0.15, 0.2) is 0 Å². The van der Waals surface area contributed by atoms with Crippen LogP contribution in [0.5, 0.6) is 0 Å². The Morgan fingerprint density at radius 2 is 2.27 bits per heavy atom. The van der Waals surface area contributed by atoms with Crippen molar-refractivity contribution in [1.82, 2.24) is 10.2 Å². The Morgan fingerprint density at radius 1 is 1.33 bits per heavy atom. The molecule has 0 bridgehead atoms. The van der Waals surface area contributed by atoms with Crippen LogP contribution in [0.2, 0.25) is 5.02 Å². The average Bonchev–Trinajstić information content (AvgIpc) is 2.29. The predicted molar refractivity (Wildman–Crippen MR) is 62.3 cm³/mol. The van der Waals surface area contributed by atoms with E-state index in [0.717, 1.165) is 37.6 Å². The van der Waals surface area contributed by atoms with Crippen molar-refractivity contribution in [1.29, 1.82) is 0 Å². The van der Waals surface area contributed by atoms with Gasteiger partial charge in [-0.15, -0.1) is 0 Å². The van der Waals surface area contributed by atoms with Crippen LogP contribution < -0.4 is 5.32 Å². The van der Waals surface area contributed by atoms with Crippen molar-refractivity contribution in [3.8, 4) is 0 Å². The standard InChI is InChI=1S/C12H15ClN2/c13-11-3-1-2-10-9(11)4-6-15-7-5-14-8-12(10)15/h1-3,12,14H,4-8H2/t12-/m0/s1. The van der Waals surface area contributed by atoms with Gasteiger partial charge in [-0.05, 0) is 23.6 Å². The van der Waals surface area contributed by atoms with E-state index in [2.05, 4.69) is 22.3 Å². The fourth-order valence-electron chi connectivity index (χ4n) is 2.73. The fourth-order valence-corrected chi connectivity index (χ4v) is 3.00. The maximum atomic E-state index is 6.23. The Kier molecular flexibility index (Phi) is 2.43. The molecule has 15 heavy (non-hydrogen) atoms. The van der Waals surface area contributed by atoms with E-state index in [1.807, 2.05) is 6.07 Å². The molecular weight excluding hydrogens is 208 g/mol. The highest BCUT2D eigenvalue weighted by Gasteiger charge is 2.29. The molecule has 0 aliphatic carbocycles. The van der Waals surface area contributed by atoms with Gasteiger partial charge in [-0.1, -0.05) is 23.7 Å². The Labute approximate surface area is 95.2 Å². The molecule has 0 saturated carbocycles. The Balaban J connectivity index is 2.03. The molecule has 0 amide bonds. The van der Waals surface area contributed by atoms with Crippen molar-refractivity contribution in [2.24, 2.45) is 0 Å². The molecule has 1 fully saturated rings. The van der Waals surface area contributed by atoms with E-state index in [1.54, 1.807) is 0 Å². The van der Waals surface area contributed by atoms with E-state index in [4.69, 9.17) is 11.6 Å². The quantitative estimate of drug-likeness (QED) is 0.721. The van der Waals surface area contributed by atoms with Gasteiger partial charge < -0.3 is 5.32 Å². The molecule has 3 rings (SSSR count). The highest BCUT2D eigenvalue weighted by Crippen LogP contribution is 2.33. The molecule has 0 unspecified atom stereocenters. The Hall–Kier alpha value is -0.570. The fraction of sp³-hybridized carbons (Fsp3) is 0.500. The minimum absolute atomic E-state index is 0.543. The van der Waals surface area contributed by atoms with Crippen LogP contribution in [0.15, 0.2) is 18.2 Å². The topological polar surface area (TPSA) is 15.3 Å². The van der Waals surface area contributed by atoms with E-state index >= 15 is 0 Å². The van der Waals surface area contributed by atoms with E-state index < -0.39 is 0 Å². The number of halogens is 1. The summed E-state index contributed by atoms with van der Waals surface area (Å²) in [6.07, 6.45) is 1.10. The van der Waals surface area contributed by atoms with Crippen LogP contribution >= 0.6 is 11.6 Å². The van der Waals surface area contributed by atoms with Crippen LogP contribution in [-0.4, -0.2) is 31.1 Å². The molecule has 0 spiro atoms. The number of fused-ring (bicyclic) bond motifs is 3. The van der Waals surface area contributed by atoms with Gasteiger partial charge in [0.25, 0.3) is 0 Å². The third-order valence-corrected chi connectivity index (χ3v) is 3.87. The maximum absolute atomic E-state index is 6.23. The van der Waals surface area contributed by atoms with E-state index in [9.17, 15) is 0 Å². The third kappa shape index (κ3) is 1.57. The number of nitrogens with zero attached hydrogens (tertiary/aromatic N) is 1. The molecule has 0 radical (unpaired) electrons. The first-order valence-electron chi connectivity index (χ1n) is 5.58. The van der Waals surface area contributed by atoms with Gasteiger partial charge in [0.1, 0.15) is 0 Å². The lowest BCUT2D eigenvalue weighted by molar-refractivity contribution is 0.152. The molecule has 1 N–H and O–H groups in total. The lowest BCUT2D eigenvalue weighted by Crippen LogP contribution is -2.48. The van der Waals surface area contributed by atoms with Crippen molar-refractivity contribution >= 4 is 11.6 Å². The zero-order chi connectivity index (χ0) is 10.3. The van der Waals surface area contributed by atoms with E-state index in [-0.39, 0.29) is 0 Å². The molecule has 2 aliphatic rings. The van der Waals surface area contributed by atoms with Crippen LogP contribution in [0.1, 0.15) is 17.2 Å². The SMILES string of the molecule is Clc1cccc2c1CCN1CCNC[C@@H]21. The van der Waals surface area contributed by atoms with Gasteiger partial charge in [0.2, 0.25) is 0 Å². The normalized spacial score (nSPS) is 25.8. The minimum atomic E-state index is 0.543. The zero-order valence-corrected chi connectivity index (χ0v) is 9.43. The zero-order valence-electron chi connectivity index (χ0n) is 8.67. The van der Waals surface area contributed by atoms with Gasteiger partial charge in [-0.25, -0.2) is 0 Å². The molecular formula is C12H15ClN2. The van der Waals surface area contributed by atoms with Gasteiger partial charge in [-0.3, -0.25) is 4.90 Å². The molecule has 2 aliphatic heterocycles. The lowest BCUT2D eigenvalue weighted by Gasteiger charge is -2.41. The molecule has 1 aromatic carbocycles. The first-order valence-corrected chi connectivity index (χ1v) is 5.96. The van der Waals surface area contributed by atoms with Crippen LogP contribution in [-0.2, 0) is 6.42 Å². The van der Waals surface area contributed by atoms with Crippen LogP contribution in [0, 0.1) is 0 Å². The summed E-state index contributed by atoms with van der Waals surface area (Å²) in [4.78, 5) is 2.56. The van der Waals surface area contributed by atoms with Gasteiger partial charge in [-0.2, -0.15) is 0 Å². The van der Waals surface area contributed by atoms with Crippen molar-refractivity contribution in [2.75, 3.05) is 26.2 Å². The third-order valence-electron chi connectivity index (χ3n) is 3.52. The minimum Gasteiger partial charge on any atom is -0.314 e. The summed E-state index contributed by atoms with van der Waals surface area (Å²) in [6.45, 7) is 4.50.